The molecule has 1 aromatic heterocycles. The lowest BCUT2D eigenvalue weighted by Crippen LogP contribution is -2.32. The maximum Gasteiger partial charge on any atom is 0.321 e. The van der Waals surface area contributed by atoms with Crippen molar-refractivity contribution in [3.05, 3.63) is 27.5 Å². The molecule has 17 heavy (non-hydrogen) atoms. The first-order valence-corrected chi connectivity index (χ1v) is 6.70. The van der Waals surface area contributed by atoms with Gasteiger partial charge in [-0.05, 0) is 13.0 Å². The van der Waals surface area contributed by atoms with E-state index in [-0.39, 0.29) is 0 Å². The van der Waals surface area contributed by atoms with Crippen molar-refractivity contribution in [1.82, 2.24) is 4.98 Å². The number of nitrogens with two attached hydrogens (primary N) is 1. The molecule has 0 bridgehead atoms. The molecule has 1 atom stereocenters. The molecule has 0 radical (unpaired) electrons. The Kier molecular flexibility index (Phi) is 5.52. The second kappa shape index (κ2) is 6.44. The van der Waals surface area contributed by atoms with Gasteiger partial charge in [-0.25, -0.2) is 4.98 Å². The first-order valence-electron chi connectivity index (χ1n) is 4.79. The molecule has 0 saturated carbocycles. The van der Waals surface area contributed by atoms with Crippen molar-refractivity contribution in [2.45, 2.75) is 18.7 Å². The highest BCUT2D eigenvalue weighted by atomic mass is 35.5. The van der Waals surface area contributed by atoms with Gasteiger partial charge < -0.3 is 10.8 Å². The second-order valence-corrected chi connectivity index (χ2v) is 5.27. The van der Waals surface area contributed by atoms with Crippen LogP contribution in [-0.2, 0) is 10.5 Å². The molecular formula is C10H12Cl2N2O2S. The van der Waals surface area contributed by atoms with Gasteiger partial charge in [0.15, 0.2) is 0 Å². The summed E-state index contributed by atoms with van der Waals surface area (Å²) in [4.78, 5) is 14.6. The topological polar surface area (TPSA) is 76.2 Å². The van der Waals surface area contributed by atoms with Gasteiger partial charge in [-0.2, -0.15) is 11.8 Å². The van der Waals surface area contributed by atoms with Crippen LogP contribution < -0.4 is 5.73 Å². The minimum absolute atomic E-state index is 0.301. The molecule has 0 aliphatic rings. The molecule has 0 aliphatic carbocycles. The van der Waals surface area contributed by atoms with E-state index in [1.807, 2.05) is 0 Å². The number of thioether (sulfide) groups is 1. The zero-order valence-electron chi connectivity index (χ0n) is 9.11. The Morgan fingerprint density at radius 1 is 1.65 bits per heavy atom. The van der Waals surface area contributed by atoms with Gasteiger partial charge in [-0.15, -0.1) is 0 Å². The van der Waals surface area contributed by atoms with Crippen LogP contribution in [0.25, 0.3) is 0 Å². The smallest absolute Gasteiger partial charge is 0.321 e. The summed E-state index contributed by atoms with van der Waals surface area (Å²) in [7, 11) is 0. The van der Waals surface area contributed by atoms with Crippen molar-refractivity contribution in [3.63, 3.8) is 0 Å². The van der Waals surface area contributed by atoms with Crippen molar-refractivity contribution in [2.24, 2.45) is 5.73 Å². The Balaban J connectivity index is 2.61. The van der Waals surface area contributed by atoms with Crippen LogP contribution >= 0.6 is 35.0 Å². The van der Waals surface area contributed by atoms with E-state index < -0.39 is 12.0 Å². The number of nitrogens with zero attached hydrogens (tertiary/aromatic N) is 1. The number of pyridine rings is 1. The maximum absolute atomic E-state index is 10.5. The van der Waals surface area contributed by atoms with E-state index in [1.165, 1.54) is 11.8 Å². The molecule has 0 unspecified atom stereocenters. The summed E-state index contributed by atoms with van der Waals surface area (Å²) in [5, 5.41) is 9.52. The highest BCUT2D eigenvalue weighted by Gasteiger charge is 2.13. The summed E-state index contributed by atoms with van der Waals surface area (Å²) >= 11 is 13.3. The lowest BCUT2D eigenvalue weighted by molar-refractivity contribution is -0.137. The van der Waals surface area contributed by atoms with Gasteiger partial charge in [-0.1, -0.05) is 23.2 Å². The van der Waals surface area contributed by atoms with E-state index in [9.17, 15) is 4.79 Å². The van der Waals surface area contributed by atoms with Crippen molar-refractivity contribution < 1.29 is 9.90 Å². The van der Waals surface area contributed by atoms with Crippen LogP contribution in [0.15, 0.2) is 6.07 Å². The molecule has 7 heteroatoms. The quantitative estimate of drug-likeness (QED) is 0.815. The third-order valence-corrected chi connectivity index (χ3v) is 3.75. The van der Waals surface area contributed by atoms with Crippen LogP contribution in [0.1, 0.15) is 11.3 Å². The molecular weight excluding hydrogens is 283 g/mol. The van der Waals surface area contributed by atoms with Crippen molar-refractivity contribution >= 4 is 40.9 Å². The van der Waals surface area contributed by atoms with Gasteiger partial charge in [0.2, 0.25) is 0 Å². The number of halogens is 2. The molecule has 1 aromatic rings. The van der Waals surface area contributed by atoms with Crippen molar-refractivity contribution in [1.29, 1.82) is 0 Å². The zero-order chi connectivity index (χ0) is 13.0. The SMILES string of the molecule is Cc1cc(Cl)c(CSC[C@H](N)C(=O)O)c(Cl)n1. The minimum atomic E-state index is -1.02. The molecule has 94 valence electrons. The molecule has 1 heterocycles. The van der Waals surface area contributed by atoms with Gasteiger partial charge in [0.1, 0.15) is 11.2 Å². The molecule has 4 nitrogen and oxygen atoms in total. The molecule has 0 saturated heterocycles. The monoisotopic (exact) mass is 294 g/mol. The van der Waals surface area contributed by atoms with Crippen molar-refractivity contribution in [3.8, 4) is 0 Å². The number of carboxylic acids is 1. The summed E-state index contributed by atoms with van der Waals surface area (Å²) in [6.45, 7) is 1.80. The third-order valence-electron chi connectivity index (χ3n) is 2.01. The summed E-state index contributed by atoms with van der Waals surface area (Å²) in [5.74, 6) is -0.223. The summed E-state index contributed by atoms with van der Waals surface area (Å²) in [6.07, 6.45) is 0. The normalized spacial score (nSPS) is 12.5. The van der Waals surface area contributed by atoms with Gasteiger partial charge in [-0.3, -0.25) is 4.79 Å². The maximum atomic E-state index is 10.5. The molecule has 3 N–H and O–H groups in total. The summed E-state index contributed by atoms with van der Waals surface area (Å²) in [5.41, 5.74) is 6.83. The number of aryl methyl sites for hydroxylation is 1. The highest BCUT2D eigenvalue weighted by molar-refractivity contribution is 7.98. The van der Waals surface area contributed by atoms with E-state index >= 15 is 0 Å². The Bertz CT molecular complexity index is 406. The van der Waals surface area contributed by atoms with Crippen LogP contribution in [0.5, 0.6) is 0 Å². The average Bonchev–Trinajstić information content (AvgIpc) is 2.21. The molecule has 1 rings (SSSR count). The highest BCUT2D eigenvalue weighted by Crippen LogP contribution is 2.27. The van der Waals surface area contributed by atoms with Crippen LogP contribution in [0.2, 0.25) is 10.2 Å². The summed E-state index contributed by atoms with van der Waals surface area (Å²) in [6, 6.07) is 0.844. The predicted octanol–water partition coefficient (Wildman–Crippen LogP) is 2.34. The number of aromatic nitrogens is 1. The first-order chi connectivity index (χ1) is 7.91. The fourth-order valence-corrected chi connectivity index (χ4v) is 2.95. The Hall–Kier alpha value is -0.490. The van der Waals surface area contributed by atoms with E-state index in [0.717, 1.165) is 5.69 Å². The molecule has 0 aliphatic heterocycles. The van der Waals surface area contributed by atoms with E-state index in [1.54, 1.807) is 13.0 Å². The number of aliphatic carboxylic acids is 1. The van der Waals surface area contributed by atoms with Crippen LogP contribution in [0.3, 0.4) is 0 Å². The standard InChI is InChI=1S/C10H12Cl2N2O2S/c1-5-2-7(11)6(9(12)14-5)3-17-4-8(13)10(15)16/h2,8H,3-4,13H2,1H3,(H,15,16)/t8-/m0/s1. The average molecular weight is 295 g/mol. The number of hydrogen-bond acceptors (Lipinski definition) is 4. The number of carbonyl (C=O) groups is 1. The predicted molar refractivity (Wildman–Crippen MR) is 70.8 cm³/mol. The molecule has 0 fully saturated rings. The van der Waals surface area contributed by atoms with E-state index in [0.29, 0.717) is 27.2 Å². The molecule has 0 spiro atoms. The summed E-state index contributed by atoms with van der Waals surface area (Å²) < 4.78 is 0. The lowest BCUT2D eigenvalue weighted by atomic mass is 10.3. The van der Waals surface area contributed by atoms with Gasteiger partial charge in [0.05, 0.1) is 0 Å². The second-order valence-electron chi connectivity index (χ2n) is 3.47. The van der Waals surface area contributed by atoms with Gasteiger partial charge >= 0.3 is 5.97 Å². The third kappa shape index (κ3) is 4.35. The zero-order valence-corrected chi connectivity index (χ0v) is 11.4. The van der Waals surface area contributed by atoms with Gasteiger partial charge in [0.25, 0.3) is 0 Å². The fourth-order valence-electron chi connectivity index (χ4n) is 1.11. The molecule has 0 aromatic carbocycles. The number of rotatable bonds is 5. The van der Waals surface area contributed by atoms with Crippen LogP contribution in [0.4, 0.5) is 0 Å². The largest absolute Gasteiger partial charge is 0.480 e. The first kappa shape index (κ1) is 14.6. The molecule has 0 amide bonds. The Morgan fingerprint density at radius 2 is 2.29 bits per heavy atom. The van der Waals surface area contributed by atoms with Crippen LogP contribution in [-0.4, -0.2) is 27.9 Å². The lowest BCUT2D eigenvalue weighted by Gasteiger charge is -2.09. The number of hydrogen-bond donors (Lipinski definition) is 2. The van der Waals surface area contributed by atoms with Gasteiger partial charge in [0, 0.05) is 27.8 Å². The number of carboxylic acid groups (broad SMARTS) is 1. The van der Waals surface area contributed by atoms with Crippen LogP contribution in [0, 0.1) is 6.92 Å². The fraction of sp³-hybridized carbons (Fsp3) is 0.400. The Morgan fingerprint density at radius 3 is 2.82 bits per heavy atom. The van der Waals surface area contributed by atoms with E-state index in [2.05, 4.69) is 4.98 Å². The van der Waals surface area contributed by atoms with E-state index in [4.69, 9.17) is 34.0 Å². The minimum Gasteiger partial charge on any atom is -0.480 e. The Labute approximate surface area is 114 Å². The van der Waals surface area contributed by atoms with Crippen molar-refractivity contribution in [2.75, 3.05) is 5.75 Å².